The largest absolute Gasteiger partial charge is 0.427 e. The quantitative estimate of drug-likeness (QED) is 0.892. The zero-order chi connectivity index (χ0) is 14.6. The summed E-state index contributed by atoms with van der Waals surface area (Å²) in [5.74, 6) is 0. The highest BCUT2D eigenvalue weighted by atomic mass is 35.5. The lowest BCUT2D eigenvalue weighted by molar-refractivity contribution is -0.0841. The number of benzene rings is 1. The van der Waals surface area contributed by atoms with Gasteiger partial charge in [-0.15, -0.1) is 0 Å². The maximum absolute atomic E-state index is 12.7. The molecule has 0 aliphatic rings. The molecule has 0 radical (unpaired) electrons. The van der Waals surface area contributed by atoms with Crippen molar-refractivity contribution in [3.63, 3.8) is 0 Å². The van der Waals surface area contributed by atoms with Gasteiger partial charge < -0.3 is 10.8 Å². The van der Waals surface area contributed by atoms with Crippen molar-refractivity contribution in [3.8, 4) is 0 Å². The number of allylic oxidation sites excluding steroid dienone is 1. The van der Waals surface area contributed by atoms with Crippen LogP contribution in [-0.4, -0.2) is 23.9 Å². The highest BCUT2D eigenvalue weighted by Gasteiger charge is 2.35. The van der Waals surface area contributed by atoms with Crippen molar-refractivity contribution in [1.29, 1.82) is 0 Å². The molecular formula is C12H12Cl2F3NO. The van der Waals surface area contributed by atoms with Gasteiger partial charge in [-0.05, 0) is 29.7 Å². The molecule has 0 aliphatic carbocycles. The molecule has 0 saturated carbocycles. The number of hydrogen-bond acceptors (Lipinski definition) is 2. The van der Waals surface area contributed by atoms with Crippen molar-refractivity contribution < 1.29 is 18.3 Å². The van der Waals surface area contributed by atoms with Crippen LogP contribution in [0.5, 0.6) is 0 Å². The molecule has 3 N–H and O–H groups in total. The Hall–Kier alpha value is -0.750. The fraction of sp³-hybridized carbons (Fsp3) is 0.333. The highest BCUT2D eigenvalue weighted by Crippen LogP contribution is 2.37. The van der Waals surface area contributed by atoms with E-state index in [1.54, 1.807) is 0 Å². The van der Waals surface area contributed by atoms with Gasteiger partial charge >= 0.3 is 6.18 Å². The van der Waals surface area contributed by atoms with Crippen LogP contribution in [0.25, 0.3) is 5.57 Å². The smallest absolute Gasteiger partial charge is 0.395 e. The second-order valence-electron chi connectivity index (χ2n) is 3.94. The van der Waals surface area contributed by atoms with Crippen molar-refractivity contribution in [2.45, 2.75) is 18.6 Å². The third kappa shape index (κ3) is 4.69. The van der Waals surface area contributed by atoms with Gasteiger partial charge in [-0.3, -0.25) is 0 Å². The van der Waals surface area contributed by atoms with Crippen LogP contribution >= 0.6 is 23.2 Å². The number of aliphatic hydroxyl groups is 1. The molecule has 1 aromatic rings. The van der Waals surface area contributed by atoms with Crippen molar-refractivity contribution >= 4 is 28.8 Å². The molecule has 1 rings (SSSR count). The van der Waals surface area contributed by atoms with Crippen LogP contribution in [0.1, 0.15) is 12.0 Å². The summed E-state index contributed by atoms with van der Waals surface area (Å²) in [5, 5.41) is 8.03. The molecule has 0 spiro atoms. The SMILES string of the molecule is NC(CO)C/C(=C(/Cl)C(F)(F)F)c1ccc(Cl)cc1. The zero-order valence-corrected chi connectivity index (χ0v) is 11.2. The normalized spacial score (nSPS) is 15.1. The molecule has 1 unspecified atom stereocenters. The minimum Gasteiger partial charge on any atom is -0.395 e. The van der Waals surface area contributed by atoms with E-state index in [0.29, 0.717) is 5.02 Å². The van der Waals surface area contributed by atoms with E-state index in [0.717, 1.165) is 0 Å². The minimum absolute atomic E-state index is 0.160. The lowest BCUT2D eigenvalue weighted by Crippen LogP contribution is -2.25. The Labute approximate surface area is 118 Å². The van der Waals surface area contributed by atoms with Crippen LogP contribution in [0, 0.1) is 0 Å². The maximum Gasteiger partial charge on any atom is 0.427 e. The van der Waals surface area contributed by atoms with Crippen LogP contribution < -0.4 is 5.73 Å². The van der Waals surface area contributed by atoms with Crippen LogP contribution in [-0.2, 0) is 0 Å². The van der Waals surface area contributed by atoms with Crippen LogP contribution in [0.15, 0.2) is 29.3 Å². The average molecular weight is 314 g/mol. The van der Waals surface area contributed by atoms with E-state index in [1.165, 1.54) is 24.3 Å². The number of hydrogen-bond donors (Lipinski definition) is 2. The molecule has 19 heavy (non-hydrogen) atoms. The molecule has 1 atom stereocenters. The van der Waals surface area contributed by atoms with Crippen LogP contribution in [0.3, 0.4) is 0 Å². The van der Waals surface area contributed by atoms with Gasteiger partial charge in [-0.2, -0.15) is 13.2 Å². The van der Waals surface area contributed by atoms with E-state index in [9.17, 15) is 13.2 Å². The topological polar surface area (TPSA) is 46.2 Å². The molecule has 2 nitrogen and oxygen atoms in total. The van der Waals surface area contributed by atoms with Crippen LogP contribution in [0.4, 0.5) is 13.2 Å². The monoisotopic (exact) mass is 313 g/mol. The molecule has 0 saturated heterocycles. The van der Waals surface area contributed by atoms with Crippen molar-refractivity contribution in [3.05, 3.63) is 39.9 Å². The van der Waals surface area contributed by atoms with E-state index in [4.69, 9.17) is 34.0 Å². The first-order valence-electron chi connectivity index (χ1n) is 5.34. The molecule has 7 heteroatoms. The highest BCUT2D eigenvalue weighted by molar-refractivity contribution is 6.33. The van der Waals surface area contributed by atoms with Gasteiger partial charge in [0, 0.05) is 11.1 Å². The Morgan fingerprint density at radius 3 is 2.21 bits per heavy atom. The maximum atomic E-state index is 12.7. The number of nitrogens with two attached hydrogens (primary N) is 1. The Morgan fingerprint density at radius 1 is 1.26 bits per heavy atom. The summed E-state index contributed by atoms with van der Waals surface area (Å²) in [6.07, 6.45) is -4.85. The Bertz CT molecular complexity index is 457. The van der Waals surface area contributed by atoms with E-state index in [1.807, 2.05) is 0 Å². The molecule has 106 valence electrons. The van der Waals surface area contributed by atoms with Gasteiger partial charge in [-0.25, -0.2) is 0 Å². The zero-order valence-electron chi connectivity index (χ0n) is 9.72. The summed E-state index contributed by atoms with van der Waals surface area (Å²) in [4.78, 5) is 0. The van der Waals surface area contributed by atoms with Gasteiger partial charge in [0.15, 0.2) is 0 Å². The van der Waals surface area contributed by atoms with Gasteiger partial charge in [0.05, 0.1) is 6.61 Å². The van der Waals surface area contributed by atoms with Gasteiger partial charge in [0.2, 0.25) is 0 Å². The second kappa shape index (κ2) is 6.61. The van der Waals surface area contributed by atoms with E-state index in [-0.39, 0.29) is 17.6 Å². The van der Waals surface area contributed by atoms with E-state index >= 15 is 0 Å². The predicted octanol–water partition coefficient (Wildman–Crippen LogP) is 3.56. The summed E-state index contributed by atoms with van der Waals surface area (Å²) in [5.41, 5.74) is 5.60. The summed E-state index contributed by atoms with van der Waals surface area (Å²) in [6.45, 7) is -0.431. The third-order valence-electron chi connectivity index (χ3n) is 2.41. The molecule has 0 heterocycles. The first-order chi connectivity index (χ1) is 8.75. The number of halogens is 5. The molecule has 0 aromatic heterocycles. The first-order valence-corrected chi connectivity index (χ1v) is 6.09. The van der Waals surface area contributed by atoms with Crippen LogP contribution in [0.2, 0.25) is 5.02 Å². The third-order valence-corrected chi connectivity index (χ3v) is 3.10. The lowest BCUT2D eigenvalue weighted by atomic mass is 9.98. The molecule has 0 amide bonds. The molecule has 0 bridgehead atoms. The van der Waals surface area contributed by atoms with Gasteiger partial charge in [0.1, 0.15) is 5.03 Å². The Balaban J connectivity index is 3.23. The average Bonchev–Trinajstić information content (AvgIpc) is 2.35. The summed E-state index contributed by atoms with van der Waals surface area (Å²) < 4.78 is 38.1. The van der Waals surface area contributed by atoms with E-state index < -0.39 is 23.9 Å². The number of aliphatic hydroxyl groups excluding tert-OH is 1. The number of rotatable bonds is 4. The standard InChI is InChI=1S/C12H12Cl2F3NO/c13-8-3-1-7(2-4-8)10(5-9(18)6-19)11(14)12(15,16)17/h1-4,9,19H,5-6,18H2/b11-10-. The fourth-order valence-corrected chi connectivity index (χ4v) is 1.80. The molecular weight excluding hydrogens is 302 g/mol. The molecule has 0 fully saturated rings. The van der Waals surface area contributed by atoms with Gasteiger partial charge in [-0.1, -0.05) is 35.3 Å². The van der Waals surface area contributed by atoms with Gasteiger partial charge in [0.25, 0.3) is 0 Å². The summed E-state index contributed by atoms with van der Waals surface area (Å²) in [6, 6.07) is 4.96. The van der Waals surface area contributed by atoms with Crippen molar-refractivity contribution in [2.24, 2.45) is 5.73 Å². The Morgan fingerprint density at radius 2 is 1.79 bits per heavy atom. The van der Waals surface area contributed by atoms with Crippen molar-refractivity contribution in [2.75, 3.05) is 6.61 Å². The first kappa shape index (κ1) is 16.3. The Kier molecular flexibility index (Phi) is 5.67. The van der Waals surface area contributed by atoms with Crippen molar-refractivity contribution in [1.82, 2.24) is 0 Å². The summed E-state index contributed by atoms with van der Waals surface area (Å²) >= 11 is 11.1. The summed E-state index contributed by atoms with van der Waals surface area (Å²) in [7, 11) is 0. The number of alkyl halides is 3. The lowest BCUT2D eigenvalue weighted by Gasteiger charge is -2.16. The fourth-order valence-electron chi connectivity index (χ4n) is 1.48. The second-order valence-corrected chi connectivity index (χ2v) is 4.76. The van der Waals surface area contributed by atoms with E-state index in [2.05, 4.69) is 0 Å². The molecule has 0 aliphatic heterocycles. The molecule has 1 aromatic carbocycles. The minimum atomic E-state index is -4.66. The predicted molar refractivity (Wildman–Crippen MR) is 70.0 cm³/mol.